The molecule has 0 aromatic heterocycles. The highest BCUT2D eigenvalue weighted by Gasteiger charge is 2.19. The van der Waals surface area contributed by atoms with Gasteiger partial charge in [-0.2, -0.15) is 0 Å². The van der Waals surface area contributed by atoms with Crippen LogP contribution in [-0.4, -0.2) is 13.8 Å². The number of anilines is 1. The molecular weight excluding hydrogens is 269 g/mol. The average Bonchev–Trinajstić information content (AvgIpc) is 2.54. The fourth-order valence-corrected chi connectivity index (χ4v) is 1.74. The summed E-state index contributed by atoms with van der Waals surface area (Å²) in [7, 11) is 1.87. The van der Waals surface area contributed by atoms with Gasteiger partial charge in [0.1, 0.15) is 0 Å². The van der Waals surface area contributed by atoms with Crippen LogP contribution in [0.2, 0.25) is 0 Å². The molecule has 0 aliphatic carbocycles. The molecule has 0 unspecified atom stereocenters. The van der Waals surface area contributed by atoms with Gasteiger partial charge in [0.15, 0.2) is 11.5 Å². The Kier molecular flexibility index (Phi) is 2.00. The minimum atomic E-state index is 0.323. The third-order valence-electron chi connectivity index (χ3n) is 1.74. The van der Waals surface area contributed by atoms with E-state index in [0.29, 0.717) is 6.79 Å². The van der Waals surface area contributed by atoms with E-state index in [9.17, 15) is 0 Å². The number of ether oxygens (including phenoxy) is 2. The van der Waals surface area contributed by atoms with Crippen LogP contribution in [0.5, 0.6) is 11.5 Å². The highest BCUT2D eigenvalue weighted by Crippen LogP contribution is 2.42. The molecule has 0 saturated heterocycles. The molecule has 1 aliphatic rings. The molecule has 3 nitrogen and oxygen atoms in total. The maximum absolute atomic E-state index is 5.31. The predicted octanol–water partition coefficient (Wildman–Crippen LogP) is 2.06. The van der Waals surface area contributed by atoms with Gasteiger partial charge in [-0.15, -0.1) is 0 Å². The first kappa shape index (κ1) is 7.97. The normalized spacial score (nSPS) is 13.2. The van der Waals surface area contributed by atoms with E-state index in [-0.39, 0.29) is 0 Å². The van der Waals surface area contributed by atoms with Gasteiger partial charge < -0.3 is 14.8 Å². The summed E-state index contributed by atoms with van der Waals surface area (Å²) in [5.41, 5.74) is 0.975. The van der Waals surface area contributed by atoms with Crippen LogP contribution >= 0.6 is 22.6 Å². The zero-order valence-corrected chi connectivity index (χ0v) is 8.71. The number of fused-ring (bicyclic) bond motifs is 1. The summed E-state index contributed by atoms with van der Waals surface area (Å²) >= 11 is 2.23. The highest BCUT2D eigenvalue weighted by molar-refractivity contribution is 14.1. The molecule has 0 spiro atoms. The van der Waals surface area contributed by atoms with E-state index in [4.69, 9.17) is 9.47 Å². The van der Waals surface area contributed by atoms with Gasteiger partial charge in [0, 0.05) is 7.05 Å². The van der Waals surface area contributed by atoms with Crippen molar-refractivity contribution in [1.29, 1.82) is 0 Å². The zero-order chi connectivity index (χ0) is 8.55. The van der Waals surface area contributed by atoms with Crippen LogP contribution in [0.3, 0.4) is 0 Å². The quantitative estimate of drug-likeness (QED) is 0.797. The molecule has 0 bridgehead atoms. The number of halogens is 1. The smallest absolute Gasteiger partial charge is 0.231 e. The van der Waals surface area contributed by atoms with Crippen LogP contribution in [0.1, 0.15) is 0 Å². The van der Waals surface area contributed by atoms with E-state index in [1.807, 2.05) is 19.2 Å². The largest absolute Gasteiger partial charge is 0.452 e. The molecular formula is C8H8INO2. The second kappa shape index (κ2) is 3.01. The minimum absolute atomic E-state index is 0.323. The summed E-state index contributed by atoms with van der Waals surface area (Å²) in [6.07, 6.45) is 0. The predicted molar refractivity (Wildman–Crippen MR) is 54.8 cm³/mol. The minimum Gasteiger partial charge on any atom is -0.452 e. The van der Waals surface area contributed by atoms with Crippen molar-refractivity contribution in [3.8, 4) is 11.5 Å². The van der Waals surface area contributed by atoms with Crippen LogP contribution < -0.4 is 14.8 Å². The Bertz CT molecular complexity index is 314. The van der Waals surface area contributed by atoms with Crippen molar-refractivity contribution >= 4 is 28.3 Å². The molecule has 0 fully saturated rings. The number of hydrogen-bond acceptors (Lipinski definition) is 3. The van der Waals surface area contributed by atoms with Crippen molar-refractivity contribution in [2.24, 2.45) is 0 Å². The third-order valence-corrected chi connectivity index (χ3v) is 2.59. The van der Waals surface area contributed by atoms with E-state index < -0.39 is 0 Å². The first-order chi connectivity index (χ1) is 5.83. The lowest BCUT2D eigenvalue weighted by atomic mass is 10.3. The molecule has 0 atom stereocenters. The number of benzene rings is 1. The number of rotatable bonds is 1. The number of nitrogens with one attached hydrogen (secondary N) is 1. The molecule has 0 amide bonds. The molecule has 1 N–H and O–H groups in total. The van der Waals surface area contributed by atoms with Crippen LogP contribution in [0.25, 0.3) is 0 Å². The van der Waals surface area contributed by atoms with Gasteiger partial charge in [0.25, 0.3) is 0 Å². The molecule has 1 aromatic carbocycles. The lowest BCUT2D eigenvalue weighted by molar-refractivity contribution is 0.174. The molecule has 1 aliphatic heterocycles. The molecule has 0 radical (unpaired) electrons. The Morgan fingerprint density at radius 1 is 1.33 bits per heavy atom. The lowest BCUT2D eigenvalue weighted by Crippen LogP contribution is -1.94. The van der Waals surface area contributed by atoms with Gasteiger partial charge in [0.05, 0.1) is 9.26 Å². The highest BCUT2D eigenvalue weighted by atomic mass is 127. The standard InChI is InChI=1S/C8H8INO2/c1-10-6-3-2-5(9)7-8(6)12-4-11-7/h2-3,10H,4H2,1H3. The Balaban J connectivity index is 2.57. The summed E-state index contributed by atoms with van der Waals surface area (Å²) in [4.78, 5) is 0. The van der Waals surface area contributed by atoms with E-state index in [2.05, 4.69) is 27.9 Å². The maximum Gasteiger partial charge on any atom is 0.231 e. The second-order valence-corrected chi connectivity index (χ2v) is 3.57. The Labute approximate surface area is 84.2 Å². The Morgan fingerprint density at radius 3 is 2.83 bits per heavy atom. The first-order valence-electron chi connectivity index (χ1n) is 3.59. The van der Waals surface area contributed by atoms with Gasteiger partial charge in [0.2, 0.25) is 6.79 Å². The summed E-state index contributed by atoms with van der Waals surface area (Å²) in [6.45, 7) is 0.323. The molecule has 64 valence electrons. The molecule has 2 rings (SSSR count). The van der Waals surface area contributed by atoms with Crippen LogP contribution in [0.4, 0.5) is 5.69 Å². The summed E-state index contributed by atoms with van der Waals surface area (Å²) < 4.78 is 11.7. The summed E-state index contributed by atoms with van der Waals surface area (Å²) in [5, 5.41) is 3.05. The Morgan fingerprint density at radius 2 is 2.08 bits per heavy atom. The maximum atomic E-state index is 5.31. The number of hydrogen-bond donors (Lipinski definition) is 1. The van der Waals surface area contributed by atoms with Gasteiger partial charge in [-0.3, -0.25) is 0 Å². The first-order valence-corrected chi connectivity index (χ1v) is 4.66. The average molecular weight is 277 g/mol. The molecule has 1 heterocycles. The summed E-state index contributed by atoms with van der Waals surface area (Å²) in [5.74, 6) is 1.67. The van der Waals surface area contributed by atoms with Gasteiger partial charge >= 0.3 is 0 Å². The molecule has 1 aromatic rings. The third kappa shape index (κ3) is 1.10. The van der Waals surface area contributed by atoms with Crippen molar-refractivity contribution in [2.75, 3.05) is 19.2 Å². The monoisotopic (exact) mass is 277 g/mol. The van der Waals surface area contributed by atoms with Crippen molar-refractivity contribution in [3.05, 3.63) is 15.7 Å². The van der Waals surface area contributed by atoms with Crippen LogP contribution in [0, 0.1) is 3.57 Å². The molecule has 4 heteroatoms. The van der Waals surface area contributed by atoms with Crippen molar-refractivity contribution in [2.45, 2.75) is 0 Å². The van der Waals surface area contributed by atoms with Gasteiger partial charge in [-0.05, 0) is 34.7 Å². The van der Waals surface area contributed by atoms with E-state index in [1.54, 1.807) is 0 Å². The summed E-state index contributed by atoms with van der Waals surface area (Å²) in [6, 6.07) is 3.98. The SMILES string of the molecule is CNc1ccc(I)c2c1OCO2. The van der Waals surface area contributed by atoms with Crippen molar-refractivity contribution in [3.63, 3.8) is 0 Å². The van der Waals surface area contributed by atoms with Gasteiger partial charge in [-0.1, -0.05) is 0 Å². The lowest BCUT2D eigenvalue weighted by Gasteiger charge is -2.04. The second-order valence-electron chi connectivity index (χ2n) is 2.41. The fraction of sp³-hybridized carbons (Fsp3) is 0.250. The van der Waals surface area contributed by atoms with E-state index >= 15 is 0 Å². The fourth-order valence-electron chi connectivity index (χ4n) is 1.16. The van der Waals surface area contributed by atoms with E-state index in [0.717, 1.165) is 20.8 Å². The molecule has 12 heavy (non-hydrogen) atoms. The Hall–Kier alpha value is -0.650. The van der Waals surface area contributed by atoms with Crippen molar-refractivity contribution in [1.82, 2.24) is 0 Å². The van der Waals surface area contributed by atoms with E-state index in [1.165, 1.54) is 0 Å². The topological polar surface area (TPSA) is 30.5 Å². The van der Waals surface area contributed by atoms with Crippen LogP contribution in [0.15, 0.2) is 12.1 Å². The van der Waals surface area contributed by atoms with Crippen LogP contribution in [-0.2, 0) is 0 Å². The van der Waals surface area contributed by atoms with Crippen molar-refractivity contribution < 1.29 is 9.47 Å². The zero-order valence-electron chi connectivity index (χ0n) is 6.56. The molecule has 0 saturated carbocycles. The van der Waals surface area contributed by atoms with Gasteiger partial charge in [-0.25, -0.2) is 0 Å².